The second-order valence-electron chi connectivity index (χ2n) is 11.6. The molecule has 1 aromatic carbocycles. The van der Waals surface area contributed by atoms with Gasteiger partial charge in [-0.2, -0.15) is 0 Å². The van der Waals surface area contributed by atoms with Crippen LogP contribution in [0.1, 0.15) is 65.2 Å². The van der Waals surface area contributed by atoms with Crippen LogP contribution in [0.25, 0.3) is 10.9 Å². The third-order valence-electron chi connectivity index (χ3n) is 8.21. The van der Waals surface area contributed by atoms with Gasteiger partial charge in [-0.3, -0.25) is 4.79 Å². The van der Waals surface area contributed by atoms with E-state index in [0.717, 1.165) is 65.7 Å². The molecule has 4 fully saturated rings. The average Bonchev–Trinajstić information content (AvgIpc) is 2.74. The van der Waals surface area contributed by atoms with E-state index in [1.54, 1.807) is 0 Å². The van der Waals surface area contributed by atoms with Gasteiger partial charge in [-0.1, -0.05) is 19.9 Å². The van der Waals surface area contributed by atoms with Crippen molar-refractivity contribution in [3.8, 4) is 0 Å². The molecular formula is C28H40N4O. The lowest BCUT2D eigenvalue weighted by Gasteiger charge is -2.56. The molecule has 178 valence electrons. The second kappa shape index (κ2) is 9.61. The number of amides is 1. The van der Waals surface area contributed by atoms with E-state index in [9.17, 15) is 4.79 Å². The summed E-state index contributed by atoms with van der Waals surface area (Å²) in [5.74, 6) is 4.42. The topological polar surface area (TPSA) is 66.0 Å². The Morgan fingerprint density at radius 2 is 1.73 bits per heavy atom. The smallest absolute Gasteiger partial charge is 0.224 e. The van der Waals surface area contributed by atoms with E-state index >= 15 is 0 Å². The van der Waals surface area contributed by atoms with E-state index in [1.807, 2.05) is 24.3 Å². The van der Waals surface area contributed by atoms with Gasteiger partial charge in [-0.05, 0) is 105 Å². The predicted octanol–water partition coefficient (Wildman–Crippen LogP) is 5.83. The molecule has 1 heterocycles. The fourth-order valence-corrected chi connectivity index (χ4v) is 7.20. The van der Waals surface area contributed by atoms with Crippen LogP contribution in [0.2, 0.25) is 0 Å². The number of nitrogens with one attached hydrogen (secondary N) is 3. The molecule has 0 unspecified atom stereocenters. The lowest BCUT2D eigenvalue weighted by atomic mass is 9.49. The van der Waals surface area contributed by atoms with Gasteiger partial charge in [0.15, 0.2) is 0 Å². The van der Waals surface area contributed by atoms with Crippen LogP contribution in [-0.4, -0.2) is 30.5 Å². The fraction of sp³-hybridized carbons (Fsp3) is 0.643. The zero-order valence-corrected chi connectivity index (χ0v) is 20.3. The molecule has 33 heavy (non-hydrogen) atoms. The molecule has 1 aromatic heterocycles. The van der Waals surface area contributed by atoms with Gasteiger partial charge in [0.1, 0.15) is 5.82 Å². The quantitative estimate of drug-likeness (QED) is 0.400. The number of hydrogen-bond donors (Lipinski definition) is 3. The largest absolute Gasteiger partial charge is 0.369 e. The lowest BCUT2D eigenvalue weighted by Crippen LogP contribution is -2.47. The Morgan fingerprint density at radius 3 is 2.42 bits per heavy atom. The minimum absolute atomic E-state index is 0.180. The first-order chi connectivity index (χ1) is 16.0. The van der Waals surface area contributed by atoms with Crippen molar-refractivity contribution in [2.45, 2.75) is 65.2 Å². The van der Waals surface area contributed by atoms with Gasteiger partial charge < -0.3 is 16.0 Å². The summed E-state index contributed by atoms with van der Waals surface area (Å²) in [5.41, 5.74) is 2.07. The van der Waals surface area contributed by atoms with Crippen LogP contribution in [0.4, 0.5) is 11.5 Å². The highest BCUT2D eigenvalue weighted by Crippen LogP contribution is 2.61. The van der Waals surface area contributed by atoms with Crippen LogP contribution in [0.5, 0.6) is 0 Å². The Kier molecular flexibility index (Phi) is 6.60. The Balaban J connectivity index is 1.18. The summed E-state index contributed by atoms with van der Waals surface area (Å²) in [6, 6.07) is 10.1. The van der Waals surface area contributed by atoms with Gasteiger partial charge in [-0.15, -0.1) is 0 Å². The van der Waals surface area contributed by atoms with E-state index in [4.69, 9.17) is 4.98 Å². The van der Waals surface area contributed by atoms with Crippen LogP contribution in [0, 0.1) is 29.1 Å². The van der Waals surface area contributed by atoms with Crippen LogP contribution in [0.3, 0.4) is 0 Å². The number of hydrogen-bond acceptors (Lipinski definition) is 4. The van der Waals surface area contributed by atoms with Gasteiger partial charge >= 0.3 is 0 Å². The molecular weight excluding hydrogens is 408 g/mol. The van der Waals surface area contributed by atoms with Crippen LogP contribution in [0.15, 0.2) is 30.3 Å². The molecule has 4 aliphatic carbocycles. The molecule has 0 spiro atoms. The number of nitrogens with zero attached hydrogens (tertiary/aromatic N) is 1. The number of fused-ring (bicyclic) bond motifs is 1. The maximum absolute atomic E-state index is 13.1. The number of benzene rings is 1. The SMILES string of the molecule is CC(C)CCNCCNc1ccc2c(NC(=O)CC34CC5CC(CC(C5)C3)C4)cccc2n1. The number of aromatic nitrogens is 1. The first-order valence-electron chi connectivity index (χ1n) is 13.1. The van der Waals surface area contributed by atoms with Gasteiger partial charge in [0.05, 0.1) is 11.2 Å². The third kappa shape index (κ3) is 5.34. The standard InChI is InChI=1S/C28H40N4O/c1-19(2)8-9-29-10-11-30-26-7-6-23-24(31-26)4-3-5-25(23)32-27(33)18-28-15-20-12-21(16-28)14-22(13-20)17-28/h3-7,19-22,29H,8-18H2,1-2H3,(H,30,31)(H,32,33). The Morgan fingerprint density at radius 1 is 1.00 bits per heavy atom. The maximum atomic E-state index is 13.1. The van der Waals surface area contributed by atoms with Crippen molar-refractivity contribution in [3.63, 3.8) is 0 Å². The average molecular weight is 449 g/mol. The number of pyridine rings is 1. The number of anilines is 2. The molecule has 0 radical (unpaired) electrons. The summed E-state index contributed by atoms with van der Waals surface area (Å²) in [4.78, 5) is 17.9. The first-order valence-corrected chi connectivity index (χ1v) is 13.1. The summed E-state index contributed by atoms with van der Waals surface area (Å²) in [6.07, 6.45) is 9.94. The molecule has 5 heteroatoms. The van der Waals surface area contributed by atoms with Gasteiger partial charge in [0.25, 0.3) is 0 Å². The lowest BCUT2D eigenvalue weighted by molar-refractivity contribution is -0.124. The number of carbonyl (C=O) groups excluding carboxylic acids is 1. The number of carbonyl (C=O) groups is 1. The maximum Gasteiger partial charge on any atom is 0.224 e. The zero-order valence-electron chi connectivity index (χ0n) is 20.3. The van der Waals surface area contributed by atoms with E-state index in [2.05, 4.69) is 35.9 Å². The van der Waals surface area contributed by atoms with Crippen LogP contribution in [-0.2, 0) is 4.79 Å². The normalized spacial score (nSPS) is 27.9. The van der Waals surface area contributed by atoms with E-state index in [1.165, 1.54) is 44.9 Å². The molecule has 4 saturated carbocycles. The van der Waals surface area contributed by atoms with E-state index < -0.39 is 0 Å². The van der Waals surface area contributed by atoms with E-state index in [0.29, 0.717) is 6.42 Å². The predicted molar refractivity (Wildman–Crippen MR) is 136 cm³/mol. The highest BCUT2D eigenvalue weighted by atomic mass is 16.1. The molecule has 1 amide bonds. The highest BCUT2D eigenvalue weighted by Gasteiger charge is 2.51. The Hall–Kier alpha value is -2.14. The summed E-state index contributed by atoms with van der Waals surface area (Å²) in [5, 5.41) is 11.1. The van der Waals surface area contributed by atoms with Crippen molar-refractivity contribution < 1.29 is 4.79 Å². The monoisotopic (exact) mass is 448 g/mol. The van der Waals surface area contributed by atoms with Gasteiger partial charge in [0.2, 0.25) is 5.91 Å². The molecule has 0 aliphatic heterocycles. The fourth-order valence-electron chi connectivity index (χ4n) is 7.20. The van der Waals surface area contributed by atoms with E-state index in [-0.39, 0.29) is 11.3 Å². The van der Waals surface area contributed by atoms with Crippen molar-refractivity contribution in [3.05, 3.63) is 30.3 Å². The Labute approximate surface area is 198 Å². The summed E-state index contributed by atoms with van der Waals surface area (Å²) < 4.78 is 0. The molecule has 4 bridgehead atoms. The molecule has 0 saturated heterocycles. The van der Waals surface area contributed by atoms with Gasteiger partial charge in [0, 0.05) is 24.9 Å². The van der Waals surface area contributed by atoms with Crippen molar-refractivity contribution >= 4 is 28.3 Å². The van der Waals surface area contributed by atoms with Crippen molar-refractivity contribution in [2.75, 3.05) is 30.3 Å². The van der Waals surface area contributed by atoms with Crippen LogP contribution < -0.4 is 16.0 Å². The third-order valence-corrected chi connectivity index (χ3v) is 8.21. The minimum atomic E-state index is 0.180. The second-order valence-corrected chi connectivity index (χ2v) is 11.6. The summed E-state index contributed by atoms with van der Waals surface area (Å²) in [7, 11) is 0. The molecule has 3 N–H and O–H groups in total. The summed E-state index contributed by atoms with van der Waals surface area (Å²) >= 11 is 0. The highest BCUT2D eigenvalue weighted by molar-refractivity contribution is 6.01. The van der Waals surface area contributed by atoms with Crippen molar-refractivity contribution in [2.24, 2.45) is 29.1 Å². The first kappa shape index (κ1) is 22.6. The minimum Gasteiger partial charge on any atom is -0.369 e. The van der Waals surface area contributed by atoms with Gasteiger partial charge in [-0.25, -0.2) is 4.98 Å². The van der Waals surface area contributed by atoms with Crippen molar-refractivity contribution in [1.82, 2.24) is 10.3 Å². The molecule has 0 atom stereocenters. The summed E-state index contributed by atoms with van der Waals surface area (Å²) in [6.45, 7) is 7.32. The molecule has 2 aromatic rings. The molecule has 4 aliphatic rings. The number of rotatable bonds is 10. The van der Waals surface area contributed by atoms with Crippen LogP contribution >= 0.6 is 0 Å². The van der Waals surface area contributed by atoms with Crippen molar-refractivity contribution in [1.29, 1.82) is 0 Å². The Bertz CT molecular complexity index is 950. The molecule has 5 nitrogen and oxygen atoms in total. The molecule has 6 rings (SSSR count). The zero-order chi connectivity index (χ0) is 22.8.